The summed E-state index contributed by atoms with van der Waals surface area (Å²) in [5.41, 5.74) is 6.07. The van der Waals surface area contributed by atoms with Crippen molar-refractivity contribution in [1.29, 1.82) is 0 Å². The van der Waals surface area contributed by atoms with Crippen molar-refractivity contribution < 1.29 is 13.9 Å². The molecule has 0 amide bonds. The quantitative estimate of drug-likeness (QED) is 0.663. The van der Waals surface area contributed by atoms with E-state index in [9.17, 15) is 9.18 Å². The number of carbonyl (C=O) groups is 1. The van der Waals surface area contributed by atoms with Crippen LogP contribution in [-0.4, -0.2) is 19.1 Å². The zero-order valence-corrected chi connectivity index (χ0v) is 11.2. The summed E-state index contributed by atoms with van der Waals surface area (Å²) < 4.78 is 18.5. The van der Waals surface area contributed by atoms with Gasteiger partial charge in [0.1, 0.15) is 5.82 Å². The van der Waals surface area contributed by atoms with Crippen LogP contribution in [0.25, 0.3) is 0 Å². The van der Waals surface area contributed by atoms with Crippen LogP contribution >= 0.6 is 15.9 Å². The average Bonchev–Trinajstić information content (AvgIpc) is 2.24. The maximum absolute atomic E-state index is 13.3. The Morgan fingerprint density at radius 2 is 2.29 bits per heavy atom. The summed E-state index contributed by atoms with van der Waals surface area (Å²) in [5, 5.41) is 2.96. The monoisotopic (exact) mass is 304 g/mol. The normalized spacial score (nSPS) is 12.0. The van der Waals surface area contributed by atoms with Crippen molar-refractivity contribution in [3.05, 3.63) is 22.4 Å². The molecule has 0 aliphatic carbocycles. The highest BCUT2D eigenvalue weighted by Crippen LogP contribution is 2.27. The number of nitrogen functional groups attached to an aromatic ring is 1. The number of hydrogen-bond donors (Lipinski definition) is 2. The minimum Gasteiger partial charge on any atom is -0.469 e. The molecule has 0 saturated carbocycles. The molecule has 6 heteroatoms. The van der Waals surface area contributed by atoms with E-state index in [1.807, 2.05) is 0 Å². The molecule has 1 rings (SSSR count). The number of anilines is 2. The van der Waals surface area contributed by atoms with Crippen LogP contribution in [0.5, 0.6) is 0 Å². The van der Waals surface area contributed by atoms with Crippen LogP contribution in [0.2, 0.25) is 0 Å². The Hall–Kier alpha value is -1.30. The number of nitrogens with two attached hydrogens (primary N) is 1. The first-order valence-corrected chi connectivity index (χ1v) is 5.81. The second-order valence-corrected chi connectivity index (χ2v) is 4.59. The van der Waals surface area contributed by atoms with Gasteiger partial charge in [-0.15, -0.1) is 0 Å². The highest BCUT2D eigenvalue weighted by Gasteiger charge is 2.12. The topological polar surface area (TPSA) is 64.3 Å². The Balaban J connectivity index is 2.77. The van der Waals surface area contributed by atoms with Gasteiger partial charge in [-0.1, -0.05) is 15.9 Å². The minimum absolute atomic E-state index is 0.0323. The van der Waals surface area contributed by atoms with Crippen molar-refractivity contribution in [3.8, 4) is 0 Å². The van der Waals surface area contributed by atoms with Gasteiger partial charge in [0.15, 0.2) is 0 Å². The Morgan fingerprint density at radius 3 is 2.88 bits per heavy atom. The number of ether oxygens (including phenoxy) is 1. The molecule has 3 N–H and O–H groups in total. The molecule has 0 radical (unpaired) electrons. The maximum atomic E-state index is 13.3. The third kappa shape index (κ3) is 3.89. The van der Waals surface area contributed by atoms with Crippen molar-refractivity contribution in [2.24, 2.45) is 0 Å². The lowest BCUT2D eigenvalue weighted by atomic mass is 10.2. The molecule has 0 aliphatic heterocycles. The zero-order chi connectivity index (χ0) is 13.0. The summed E-state index contributed by atoms with van der Waals surface area (Å²) in [6.07, 6.45) is 0.185. The Morgan fingerprint density at radius 1 is 1.65 bits per heavy atom. The lowest BCUT2D eigenvalue weighted by Gasteiger charge is -2.16. The first-order chi connectivity index (χ1) is 7.93. The molecule has 17 heavy (non-hydrogen) atoms. The minimum atomic E-state index is -0.507. The first kappa shape index (κ1) is 13.8. The van der Waals surface area contributed by atoms with E-state index in [-0.39, 0.29) is 24.1 Å². The van der Waals surface area contributed by atoms with E-state index in [2.05, 4.69) is 26.0 Å². The van der Waals surface area contributed by atoms with Crippen LogP contribution < -0.4 is 11.1 Å². The zero-order valence-electron chi connectivity index (χ0n) is 9.59. The van der Waals surface area contributed by atoms with E-state index in [1.54, 1.807) is 13.0 Å². The van der Waals surface area contributed by atoms with Gasteiger partial charge < -0.3 is 15.8 Å². The van der Waals surface area contributed by atoms with Gasteiger partial charge in [0.05, 0.1) is 24.9 Å². The highest BCUT2D eigenvalue weighted by atomic mass is 79.9. The Bertz CT molecular complexity index is 426. The third-order valence-corrected chi connectivity index (χ3v) is 2.65. The van der Waals surface area contributed by atoms with Gasteiger partial charge >= 0.3 is 5.97 Å². The van der Waals surface area contributed by atoms with Gasteiger partial charge in [0, 0.05) is 10.5 Å². The number of esters is 1. The number of methoxy groups -OCH3 is 1. The van der Waals surface area contributed by atoms with Crippen LogP contribution in [-0.2, 0) is 9.53 Å². The van der Waals surface area contributed by atoms with E-state index in [1.165, 1.54) is 13.2 Å². The molecule has 0 unspecified atom stereocenters. The molecule has 0 bridgehead atoms. The second kappa shape index (κ2) is 5.86. The fourth-order valence-corrected chi connectivity index (χ4v) is 1.78. The molecule has 94 valence electrons. The fourth-order valence-electron chi connectivity index (χ4n) is 1.35. The summed E-state index contributed by atoms with van der Waals surface area (Å²) >= 11 is 3.17. The molecule has 0 spiro atoms. The predicted molar refractivity (Wildman–Crippen MR) is 68.2 cm³/mol. The van der Waals surface area contributed by atoms with Gasteiger partial charge in [0.25, 0.3) is 0 Å². The molecule has 0 aliphatic rings. The standard InChI is InChI=1S/C11H14BrFN2O2/c1-6(3-10(16)17-2)15-9-5-7(12)4-8(13)11(9)14/h4-6,15H,3,14H2,1-2H3/t6-/m0/s1. The SMILES string of the molecule is COC(=O)C[C@H](C)Nc1cc(Br)cc(F)c1N. The summed E-state index contributed by atoms with van der Waals surface area (Å²) in [6, 6.07) is 2.75. The number of benzene rings is 1. The van der Waals surface area contributed by atoms with Gasteiger partial charge in [-0.2, -0.15) is 0 Å². The van der Waals surface area contributed by atoms with E-state index >= 15 is 0 Å². The molecule has 1 atom stereocenters. The number of halogens is 2. The molecule has 0 fully saturated rings. The summed E-state index contributed by atoms with van der Waals surface area (Å²) in [6.45, 7) is 1.79. The van der Waals surface area contributed by atoms with Crippen molar-refractivity contribution in [1.82, 2.24) is 0 Å². The van der Waals surface area contributed by atoms with Crippen molar-refractivity contribution in [3.63, 3.8) is 0 Å². The van der Waals surface area contributed by atoms with Crippen LogP contribution in [0.4, 0.5) is 15.8 Å². The fraction of sp³-hybridized carbons (Fsp3) is 0.364. The molecule has 1 aromatic carbocycles. The Labute approximate surface area is 107 Å². The largest absolute Gasteiger partial charge is 0.469 e. The van der Waals surface area contributed by atoms with E-state index in [4.69, 9.17) is 5.73 Å². The number of nitrogens with one attached hydrogen (secondary N) is 1. The average molecular weight is 305 g/mol. The third-order valence-electron chi connectivity index (χ3n) is 2.20. The van der Waals surface area contributed by atoms with Crippen LogP contribution in [0.15, 0.2) is 16.6 Å². The molecule has 0 heterocycles. The van der Waals surface area contributed by atoms with Crippen molar-refractivity contribution in [2.45, 2.75) is 19.4 Å². The first-order valence-electron chi connectivity index (χ1n) is 5.02. The lowest BCUT2D eigenvalue weighted by molar-refractivity contribution is -0.140. The highest BCUT2D eigenvalue weighted by molar-refractivity contribution is 9.10. The van der Waals surface area contributed by atoms with E-state index in [0.717, 1.165) is 0 Å². The number of carbonyl (C=O) groups excluding carboxylic acids is 1. The number of rotatable bonds is 4. The van der Waals surface area contributed by atoms with Crippen molar-refractivity contribution >= 4 is 33.3 Å². The second-order valence-electron chi connectivity index (χ2n) is 3.67. The summed E-state index contributed by atoms with van der Waals surface area (Å²) in [7, 11) is 1.32. The number of hydrogen-bond acceptors (Lipinski definition) is 4. The van der Waals surface area contributed by atoms with Crippen LogP contribution in [0.1, 0.15) is 13.3 Å². The van der Waals surface area contributed by atoms with Gasteiger partial charge in [-0.05, 0) is 19.1 Å². The van der Waals surface area contributed by atoms with Gasteiger partial charge in [0.2, 0.25) is 0 Å². The van der Waals surface area contributed by atoms with Gasteiger partial charge in [-0.25, -0.2) is 4.39 Å². The van der Waals surface area contributed by atoms with Crippen LogP contribution in [0, 0.1) is 5.82 Å². The molecule has 1 aromatic rings. The lowest BCUT2D eigenvalue weighted by Crippen LogP contribution is -2.21. The Kier molecular flexibility index (Phi) is 4.74. The van der Waals surface area contributed by atoms with Crippen molar-refractivity contribution in [2.75, 3.05) is 18.2 Å². The molecule has 0 aromatic heterocycles. The smallest absolute Gasteiger partial charge is 0.307 e. The van der Waals surface area contributed by atoms with Crippen LogP contribution in [0.3, 0.4) is 0 Å². The summed E-state index contributed by atoms with van der Waals surface area (Å²) in [5.74, 6) is -0.841. The van der Waals surface area contributed by atoms with Gasteiger partial charge in [-0.3, -0.25) is 4.79 Å². The summed E-state index contributed by atoms with van der Waals surface area (Å²) in [4.78, 5) is 11.1. The molecular formula is C11H14BrFN2O2. The molecule has 4 nitrogen and oxygen atoms in total. The maximum Gasteiger partial charge on any atom is 0.307 e. The molecule has 0 saturated heterocycles. The van der Waals surface area contributed by atoms with E-state index in [0.29, 0.717) is 10.2 Å². The van der Waals surface area contributed by atoms with E-state index < -0.39 is 5.82 Å². The molecular weight excluding hydrogens is 291 g/mol. The predicted octanol–water partition coefficient (Wildman–Crippen LogP) is 2.53.